The number of ether oxygens (including phenoxy) is 2. The number of piperidine rings is 1. The molecule has 1 aromatic carbocycles. The van der Waals surface area contributed by atoms with E-state index in [1.54, 1.807) is 0 Å². The van der Waals surface area contributed by atoms with Crippen molar-refractivity contribution in [2.24, 2.45) is 5.92 Å². The average molecular weight is 398 g/mol. The van der Waals surface area contributed by atoms with Crippen molar-refractivity contribution < 1.29 is 14.3 Å². The van der Waals surface area contributed by atoms with Gasteiger partial charge in [-0.2, -0.15) is 0 Å². The van der Waals surface area contributed by atoms with Crippen molar-refractivity contribution in [2.75, 3.05) is 32.8 Å². The standard InChI is InChI=1S/C19H28BrNO3/c1-3-23-19(22)14-16-8-11-21(12-9-16)10-5-13-24-18-7-4-6-17(20)15(18)2/h4,6-7,16H,3,5,8-14H2,1-2H3. The highest BCUT2D eigenvalue weighted by Crippen LogP contribution is 2.25. The van der Waals surface area contributed by atoms with Gasteiger partial charge in [0.15, 0.2) is 0 Å². The van der Waals surface area contributed by atoms with Crippen LogP contribution in [0, 0.1) is 12.8 Å². The second kappa shape index (κ2) is 10.0. The maximum absolute atomic E-state index is 11.5. The van der Waals surface area contributed by atoms with E-state index in [2.05, 4.69) is 27.8 Å². The Morgan fingerprint density at radius 3 is 2.79 bits per heavy atom. The molecule has 0 aliphatic carbocycles. The second-order valence-corrected chi connectivity index (χ2v) is 7.21. The first-order valence-electron chi connectivity index (χ1n) is 8.86. The van der Waals surface area contributed by atoms with E-state index in [0.29, 0.717) is 18.9 Å². The van der Waals surface area contributed by atoms with Crippen LogP contribution >= 0.6 is 15.9 Å². The molecule has 1 aromatic rings. The number of carbonyl (C=O) groups excluding carboxylic acids is 1. The first-order valence-corrected chi connectivity index (χ1v) is 9.65. The van der Waals surface area contributed by atoms with E-state index in [-0.39, 0.29) is 5.97 Å². The van der Waals surface area contributed by atoms with E-state index in [1.165, 1.54) is 0 Å². The molecule has 0 atom stereocenters. The van der Waals surface area contributed by atoms with Gasteiger partial charge in [0.1, 0.15) is 5.75 Å². The van der Waals surface area contributed by atoms with Crippen molar-refractivity contribution >= 4 is 21.9 Å². The number of rotatable bonds is 8. The van der Waals surface area contributed by atoms with Crippen LogP contribution in [0.2, 0.25) is 0 Å². The molecule has 2 rings (SSSR count). The summed E-state index contributed by atoms with van der Waals surface area (Å²) in [7, 11) is 0. The number of esters is 1. The van der Waals surface area contributed by atoms with Crippen LogP contribution in [0.4, 0.5) is 0 Å². The summed E-state index contributed by atoms with van der Waals surface area (Å²) in [6.07, 6.45) is 3.77. The summed E-state index contributed by atoms with van der Waals surface area (Å²) >= 11 is 3.53. The third-order valence-electron chi connectivity index (χ3n) is 4.56. The Balaban J connectivity index is 1.61. The Morgan fingerprint density at radius 2 is 2.08 bits per heavy atom. The topological polar surface area (TPSA) is 38.8 Å². The van der Waals surface area contributed by atoms with Crippen molar-refractivity contribution in [3.05, 3.63) is 28.2 Å². The number of hydrogen-bond donors (Lipinski definition) is 0. The quantitative estimate of drug-likeness (QED) is 0.486. The van der Waals surface area contributed by atoms with Crippen LogP contribution in [0.3, 0.4) is 0 Å². The molecule has 1 aliphatic heterocycles. The fourth-order valence-corrected chi connectivity index (χ4v) is 3.43. The number of hydrogen-bond acceptors (Lipinski definition) is 4. The molecule has 1 heterocycles. The molecule has 0 amide bonds. The first kappa shape index (κ1) is 19.3. The van der Waals surface area contributed by atoms with E-state index in [4.69, 9.17) is 9.47 Å². The van der Waals surface area contributed by atoms with Crippen molar-refractivity contribution in [2.45, 2.75) is 39.5 Å². The number of halogens is 1. The van der Waals surface area contributed by atoms with Crippen LogP contribution in [0.25, 0.3) is 0 Å². The fourth-order valence-electron chi connectivity index (χ4n) is 3.08. The first-order chi connectivity index (χ1) is 11.6. The van der Waals surface area contributed by atoms with E-state index >= 15 is 0 Å². The van der Waals surface area contributed by atoms with Crippen molar-refractivity contribution in [1.29, 1.82) is 0 Å². The van der Waals surface area contributed by atoms with Crippen LogP contribution in [0.5, 0.6) is 5.75 Å². The summed E-state index contributed by atoms with van der Waals surface area (Å²) < 4.78 is 12.0. The predicted octanol–water partition coefficient (Wildman–Crippen LogP) is 4.19. The highest BCUT2D eigenvalue weighted by Gasteiger charge is 2.21. The Bertz CT molecular complexity index is 527. The molecular formula is C19H28BrNO3. The zero-order valence-corrected chi connectivity index (χ0v) is 16.3. The molecule has 1 saturated heterocycles. The summed E-state index contributed by atoms with van der Waals surface area (Å²) in [4.78, 5) is 14.0. The van der Waals surface area contributed by atoms with E-state index < -0.39 is 0 Å². The summed E-state index contributed by atoms with van der Waals surface area (Å²) in [5.41, 5.74) is 1.15. The van der Waals surface area contributed by atoms with E-state index in [0.717, 1.165) is 61.3 Å². The van der Waals surface area contributed by atoms with Crippen LogP contribution in [-0.2, 0) is 9.53 Å². The molecule has 0 aromatic heterocycles. The van der Waals surface area contributed by atoms with Gasteiger partial charge in [0.25, 0.3) is 0 Å². The lowest BCUT2D eigenvalue weighted by molar-refractivity contribution is -0.144. The number of nitrogens with zero attached hydrogens (tertiary/aromatic N) is 1. The fraction of sp³-hybridized carbons (Fsp3) is 0.632. The molecule has 1 aliphatic rings. The van der Waals surface area contributed by atoms with Crippen LogP contribution < -0.4 is 4.74 Å². The Hall–Kier alpha value is -1.07. The molecule has 0 spiro atoms. The summed E-state index contributed by atoms with van der Waals surface area (Å²) in [5.74, 6) is 1.40. The molecule has 0 saturated carbocycles. The Morgan fingerprint density at radius 1 is 1.33 bits per heavy atom. The molecule has 1 fully saturated rings. The van der Waals surface area contributed by atoms with Crippen molar-refractivity contribution in [1.82, 2.24) is 4.90 Å². The van der Waals surface area contributed by atoms with Gasteiger partial charge in [-0.3, -0.25) is 4.79 Å². The van der Waals surface area contributed by atoms with Gasteiger partial charge in [0.2, 0.25) is 0 Å². The van der Waals surface area contributed by atoms with Gasteiger partial charge in [0, 0.05) is 23.0 Å². The molecule has 0 unspecified atom stereocenters. The van der Waals surface area contributed by atoms with Gasteiger partial charge in [-0.25, -0.2) is 0 Å². The van der Waals surface area contributed by atoms with Gasteiger partial charge in [-0.05, 0) is 64.3 Å². The van der Waals surface area contributed by atoms with Gasteiger partial charge < -0.3 is 14.4 Å². The number of benzene rings is 1. The van der Waals surface area contributed by atoms with Gasteiger partial charge in [-0.1, -0.05) is 22.0 Å². The third-order valence-corrected chi connectivity index (χ3v) is 5.42. The maximum atomic E-state index is 11.5. The monoisotopic (exact) mass is 397 g/mol. The summed E-state index contributed by atoms with van der Waals surface area (Å²) in [5, 5.41) is 0. The van der Waals surface area contributed by atoms with Crippen LogP contribution in [0.15, 0.2) is 22.7 Å². The zero-order valence-electron chi connectivity index (χ0n) is 14.7. The highest BCUT2D eigenvalue weighted by atomic mass is 79.9. The van der Waals surface area contributed by atoms with Crippen molar-refractivity contribution in [3.8, 4) is 5.75 Å². The molecule has 134 valence electrons. The highest BCUT2D eigenvalue weighted by molar-refractivity contribution is 9.10. The smallest absolute Gasteiger partial charge is 0.306 e. The largest absolute Gasteiger partial charge is 0.493 e. The lowest BCUT2D eigenvalue weighted by Crippen LogP contribution is -2.35. The van der Waals surface area contributed by atoms with Gasteiger partial charge >= 0.3 is 5.97 Å². The molecule has 0 radical (unpaired) electrons. The lowest BCUT2D eigenvalue weighted by Gasteiger charge is -2.31. The molecule has 24 heavy (non-hydrogen) atoms. The SMILES string of the molecule is CCOC(=O)CC1CCN(CCCOc2cccc(Br)c2C)CC1. The molecule has 5 heteroatoms. The van der Waals surface area contributed by atoms with Crippen LogP contribution in [0.1, 0.15) is 38.2 Å². The number of carbonyl (C=O) groups is 1. The summed E-state index contributed by atoms with van der Waals surface area (Å²) in [6, 6.07) is 6.05. The van der Waals surface area contributed by atoms with Gasteiger partial charge in [-0.15, -0.1) is 0 Å². The van der Waals surface area contributed by atoms with E-state index in [1.807, 2.05) is 25.1 Å². The van der Waals surface area contributed by atoms with E-state index in [9.17, 15) is 4.79 Å². The zero-order chi connectivity index (χ0) is 17.4. The third kappa shape index (κ3) is 6.10. The minimum absolute atomic E-state index is 0.0475. The normalized spacial score (nSPS) is 16.1. The Kier molecular flexibility index (Phi) is 8.06. The predicted molar refractivity (Wildman–Crippen MR) is 99.4 cm³/mol. The molecule has 4 nitrogen and oxygen atoms in total. The molecular weight excluding hydrogens is 370 g/mol. The summed E-state index contributed by atoms with van der Waals surface area (Å²) in [6.45, 7) is 8.33. The average Bonchev–Trinajstić information content (AvgIpc) is 2.57. The minimum Gasteiger partial charge on any atom is -0.493 e. The molecule has 0 bridgehead atoms. The van der Waals surface area contributed by atoms with Crippen molar-refractivity contribution in [3.63, 3.8) is 0 Å². The lowest BCUT2D eigenvalue weighted by atomic mass is 9.93. The second-order valence-electron chi connectivity index (χ2n) is 6.36. The number of likely N-dealkylation sites (tertiary alicyclic amines) is 1. The Labute approximate surface area is 153 Å². The maximum Gasteiger partial charge on any atom is 0.306 e. The van der Waals surface area contributed by atoms with Crippen LogP contribution in [-0.4, -0.2) is 43.7 Å². The molecule has 0 N–H and O–H groups in total. The minimum atomic E-state index is -0.0475. The van der Waals surface area contributed by atoms with Gasteiger partial charge in [0.05, 0.1) is 13.2 Å².